The number of aryl methyl sites for hydroxylation is 1. The first-order chi connectivity index (χ1) is 19.9. The number of likely N-dealkylation sites (tertiary alicyclic amines) is 1. The van der Waals surface area contributed by atoms with Gasteiger partial charge >= 0.3 is 0 Å². The zero-order chi connectivity index (χ0) is 28.6. The second kappa shape index (κ2) is 10.9. The van der Waals surface area contributed by atoms with Crippen molar-refractivity contribution < 1.29 is 9.59 Å². The molecular weight excluding hydrogens is 516 g/mol. The van der Waals surface area contributed by atoms with Gasteiger partial charge in [-0.1, -0.05) is 42.5 Å². The highest BCUT2D eigenvalue weighted by Gasteiger charge is 2.43. The summed E-state index contributed by atoms with van der Waals surface area (Å²) in [5.41, 5.74) is 2.22. The van der Waals surface area contributed by atoms with Crippen LogP contribution in [0.5, 0.6) is 0 Å². The molecule has 1 atom stereocenters. The van der Waals surface area contributed by atoms with Crippen LogP contribution in [0.25, 0.3) is 22.2 Å². The minimum atomic E-state index is -1.03. The van der Waals surface area contributed by atoms with Gasteiger partial charge in [0.2, 0.25) is 5.95 Å². The van der Waals surface area contributed by atoms with Crippen molar-refractivity contribution in [2.24, 2.45) is 0 Å². The first-order valence-corrected chi connectivity index (χ1v) is 14.2. The number of fused-ring (bicyclic) bond motifs is 1. The Kier molecular flexibility index (Phi) is 7.13. The van der Waals surface area contributed by atoms with Crippen molar-refractivity contribution in [2.45, 2.75) is 44.7 Å². The van der Waals surface area contributed by atoms with Gasteiger partial charge in [0, 0.05) is 48.4 Å². The fourth-order valence-corrected chi connectivity index (χ4v) is 6.13. The van der Waals surface area contributed by atoms with E-state index < -0.39 is 5.54 Å². The summed E-state index contributed by atoms with van der Waals surface area (Å²) in [7, 11) is 0. The number of benzene rings is 2. The van der Waals surface area contributed by atoms with E-state index in [0.717, 1.165) is 24.0 Å². The highest BCUT2D eigenvalue weighted by molar-refractivity contribution is 5.94. The molecule has 210 valence electrons. The maximum atomic E-state index is 14.2. The van der Waals surface area contributed by atoms with E-state index in [9.17, 15) is 14.4 Å². The van der Waals surface area contributed by atoms with Crippen molar-refractivity contribution in [1.82, 2.24) is 24.8 Å². The van der Waals surface area contributed by atoms with Crippen LogP contribution in [0, 0.1) is 6.92 Å². The number of aromatic nitrogens is 3. The predicted octanol–water partition coefficient (Wildman–Crippen LogP) is 3.76. The molecule has 9 nitrogen and oxygen atoms in total. The van der Waals surface area contributed by atoms with Crippen LogP contribution in [0.3, 0.4) is 0 Å². The van der Waals surface area contributed by atoms with E-state index in [-0.39, 0.29) is 23.3 Å². The maximum Gasteiger partial charge on any atom is 0.261 e. The van der Waals surface area contributed by atoms with Gasteiger partial charge in [-0.3, -0.25) is 19.0 Å². The number of carbonyl (C=O) groups is 2. The van der Waals surface area contributed by atoms with Gasteiger partial charge in [-0.05, 0) is 69.0 Å². The zero-order valence-electron chi connectivity index (χ0n) is 23.4. The van der Waals surface area contributed by atoms with Gasteiger partial charge in [-0.25, -0.2) is 4.98 Å². The summed E-state index contributed by atoms with van der Waals surface area (Å²) >= 11 is 0. The molecule has 2 aliphatic heterocycles. The Morgan fingerprint density at radius 2 is 1.76 bits per heavy atom. The number of amides is 1. The Bertz CT molecular complexity index is 1670. The molecule has 2 fully saturated rings. The molecule has 0 unspecified atom stereocenters. The number of rotatable bonds is 6. The van der Waals surface area contributed by atoms with E-state index in [1.165, 1.54) is 0 Å². The van der Waals surface area contributed by atoms with Gasteiger partial charge in [0.05, 0.1) is 0 Å². The second-order valence-electron chi connectivity index (χ2n) is 11.1. The van der Waals surface area contributed by atoms with Crippen molar-refractivity contribution in [3.63, 3.8) is 0 Å². The Hall–Kier alpha value is -4.37. The fourth-order valence-electron chi connectivity index (χ4n) is 6.13. The first-order valence-electron chi connectivity index (χ1n) is 14.2. The first kappa shape index (κ1) is 26.8. The smallest absolute Gasteiger partial charge is 0.261 e. The van der Waals surface area contributed by atoms with E-state index in [1.807, 2.05) is 72.5 Å². The molecule has 2 N–H and O–H groups in total. The molecule has 2 aromatic heterocycles. The van der Waals surface area contributed by atoms with E-state index in [0.29, 0.717) is 60.7 Å². The number of ketones is 1. The van der Waals surface area contributed by atoms with Crippen molar-refractivity contribution in [1.29, 1.82) is 0 Å². The molecule has 0 saturated carbocycles. The van der Waals surface area contributed by atoms with Crippen LogP contribution in [0.1, 0.15) is 42.1 Å². The molecule has 2 aliphatic rings. The van der Waals surface area contributed by atoms with Crippen molar-refractivity contribution in [3.8, 4) is 11.1 Å². The number of hydrogen-bond donors (Lipinski definition) is 2. The lowest BCUT2D eigenvalue weighted by Crippen LogP contribution is -2.49. The third-order valence-corrected chi connectivity index (χ3v) is 8.53. The minimum Gasteiger partial charge on any atom is -0.351 e. The number of nitrogens with zero attached hydrogens (tertiary/aromatic N) is 4. The van der Waals surface area contributed by atoms with Gasteiger partial charge in [0.15, 0.2) is 5.78 Å². The van der Waals surface area contributed by atoms with Crippen LogP contribution in [-0.2, 0) is 10.3 Å². The van der Waals surface area contributed by atoms with Gasteiger partial charge in [0.1, 0.15) is 11.2 Å². The van der Waals surface area contributed by atoms with Gasteiger partial charge in [-0.2, -0.15) is 4.98 Å². The van der Waals surface area contributed by atoms with E-state index in [4.69, 9.17) is 4.98 Å². The highest BCUT2D eigenvalue weighted by Crippen LogP contribution is 2.31. The number of carbonyl (C=O) groups excluding carboxylic acids is 2. The van der Waals surface area contributed by atoms with Gasteiger partial charge in [0.25, 0.3) is 11.5 Å². The third kappa shape index (κ3) is 4.91. The lowest BCUT2D eigenvalue weighted by Gasteiger charge is -2.33. The van der Waals surface area contributed by atoms with E-state index in [1.54, 1.807) is 17.7 Å². The van der Waals surface area contributed by atoms with Crippen LogP contribution in [0.4, 0.5) is 5.95 Å². The molecule has 1 amide bonds. The second-order valence-corrected chi connectivity index (χ2v) is 11.1. The summed E-state index contributed by atoms with van der Waals surface area (Å²) in [6.07, 6.45) is 3.74. The zero-order valence-corrected chi connectivity index (χ0v) is 23.4. The molecule has 2 saturated heterocycles. The summed E-state index contributed by atoms with van der Waals surface area (Å²) in [4.78, 5) is 51.6. The quantitative estimate of drug-likeness (QED) is 0.376. The highest BCUT2D eigenvalue weighted by atomic mass is 16.2. The molecule has 0 aliphatic carbocycles. The number of hydrogen-bond acceptors (Lipinski definition) is 7. The average Bonchev–Trinajstić information content (AvgIpc) is 3.49. The SMILES string of the molecule is CC(=O)[C@@]1(n2c(=O)c(-c3ccccc3C)cc3cnc(NC4CCN(C(=O)c5ccccc5)CC4)nc32)CCNC1. The Balaban J connectivity index is 1.34. The lowest BCUT2D eigenvalue weighted by molar-refractivity contribution is -0.124. The lowest BCUT2D eigenvalue weighted by atomic mass is 9.91. The van der Waals surface area contributed by atoms with Crippen molar-refractivity contribution in [3.05, 3.63) is 88.3 Å². The van der Waals surface area contributed by atoms with Crippen LogP contribution in [-0.4, -0.2) is 63.3 Å². The monoisotopic (exact) mass is 550 g/mol. The normalized spacial score (nSPS) is 19.4. The average molecular weight is 551 g/mol. The number of anilines is 1. The van der Waals surface area contributed by atoms with E-state index in [2.05, 4.69) is 15.6 Å². The van der Waals surface area contributed by atoms with Crippen LogP contribution >= 0.6 is 0 Å². The molecule has 0 spiro atoms. The molecule has 6 rings (SSSR count). The fraction of sp³-hybridized carbons (Fsp3) is 0.344. The molecule has 4 aromatic rings. The van der Waals surface area contributed by atoms with Gasteiger partial charge < -0.3 is 15.5 Å². The predicted molar refractivity (Wildman–Crippen MR) is 159 cm³/mol. The largest absolute Gasteiger partial charge is 0.351 e. The van der Waals surface area contributed by atoms with Crippen molar-refractivity contribution >= 4 is 28.7 Å². The van der Waals surface area contributed by atoms with Crippen LogP contribution < -0.4 is 16.2 Å². The van der Waals surface area contributed by atoms with Crippen LogP contribution in [0.15, 0.2) is 71.7 Å². The Labute approximate surface area is 238 Å². The summed E-state index contributed by atoms with van der Waals surface area (Å²) < 4.78 is 1.61. The molecule has 41 heavy (non-hydrogen) atoms. The minimum absolute atomic E-state index is 0.0409. The number of Topliss-reactive ketones (excluding diaryl/α,β-unsaturated/α-hetero) is 1. The topological polar surface area (TPSA) is 109 Å². The molecule has 0 bridgehead atoms. The Morgan fingerprint density at radius 3 is 2.44 bits per heavy atom. The Morgan fingerprint density at radius 1 is 1.02 bits per heavy atom. The summed E-state index contributed by atoms with van der Waals surface area (Å²) in [6.45, 7) is 5.79. The standard InChI is InChI=1S/C32H34N6O3/c1-21-8-6-7-11-26(21)27-18-24-19-34-31(36-28(24)38(30(27)41)32(22(2)39)14-15-33-20-32)35-25-12-16-37(17-13-25)29(40)23-9-4-3-5-10-23/h3-11,18-19,25,33H,12-17,20H2,1-2H3,(H,34,35,36)/t32-/m1/s1. The molecule has 2 aromatic carbocycles. The molecule has 0 radical (unpaired) electrons. The van der Waals surface area contributed by atoms with E-state index >= 15 is 0 Å². The van der Waals surface area contributed by atoms with Gasteiger partial charge in [-0.15, -0.1) is 0 Å². The summed E-state index contributed by atoms with van der Waals surface area (Å²) in [5.74, 6) is 0.377. The number of piperidine rings is 1. The summed E-state index contributed by atoms with van der Waals surface area (Å²) in [5, 5.41) is 7.42. The van der Waals surface area contributed by atoms with Crippen molar-refractivity contribution in [2.75, 3.05) is 31.5 Å². The third-order valence-electron chi connectivity index (χ3n) is 8.53. The van der Waals surface area contributed by atoms with Crippen LogP contribution in [0.2, 0.25) is 0 Å². The maximum absolute atomic E-state index is 14.2. The number of nitrogens with one attached hydrogen (secondary N) is 2. The molecular formula is C32H34N6O3. The summed E-state index contributed by atoms with van der Waals surface area (Å²) in [6, 6.07) is 19.0. The number of pyridine rings is 1. The molecule has 9 heteroatoms. The molecule has 4 heterocycles.